The van der Waals surface area contributed by atoms with Crippen molar-refractivity contribution in [2.75, 3.05) is 13.7 Å². The van der Waals surface area contributed by atoms with Crippen LogP contribution in [0.15, 0.2) is 53.7 Å². The fourth-order valence-corrected chi connectivity index (χ4v) is 4.23. The van der Waals surface area contributed by atoms with E-state index < -0.39 is 0 Å². The average molecular weight is 407 g/mol. The summed E-state index contributed by atoms with van der Waals surface area (Å²) in [5, 5.41) is 18.8. The Morgan fingerprint density at radius 1 is 1.17 bits per heavy atom. The van der Waals surface area contributed by atoms with Crippen LogP contribution in [0.1, 0.15) is 24.0 Å². The molecular formula is C22H22N4O2S. The van der Waals surface area contributed by atoms with Gasteiger partial charge >= 0.3 is 0 Å². The number of hydrogen-bond donors (Lipinski definition) is 0. The maximum atomic E-state index is 8.96. The highest BCUT2D eigenvalue weighted by atomic mass is 32.2. The summed E-state index contributed by atoms with van der Waals surface area (Å²) in [7, 11) is 1.66. The van der Waals surface area contributed by atoms with E-state index in [0.717, 1.165) is 59.6 Å². The smallest absolute Gasteiger partial charge is 0.191 e. The molecule has 7 heteroatoms. The van der Waals surface area contributed by atoms with Crippen LogP contribution in [0.3, 0.4) is 0 Å². The Labute approximate surface area is 174 Å². The van der Waals surface area contributed by atoms with E-state index in [1.807, 2.05) is 48.5 Å². The highest BCUT2D eigenvalue weighted by Gasteiger charge is 2.22. The van der Waals surface area contributed by atoms with Crippen molar-refractivity contribution in [3.8, 4) is 23.2 Å². The van der Waals surface area contributed by atoms with Crippen LogP contribution in [0.4, 0.5) is 0 Å². The molecule has 1 aliphatic heterocycles. The summed E-state index contributed by atoms with van der Waals surface area (Å²) in [4.78, 5) is 0. The van der Waals surface area contributed by atoms with Gasteiger partial charge in [-0.25, -0.2) is 0 Å². The Kier molecular flexibility index (Phi) is 6.13. The Hall–Kier alpha value is -2.82. The highest BCUT2D eigenvalue weighted by molar-refractivity contribution is 7.98. The van der Waals surface area contributed by atoms with Crippen LogP contribution < -0.4 is 4.74 Å². The second-order valence-electron chi connectivity index (χ2n) is 6.88. The van der Waals surface area contributed by atoms with E-state index in [4.69, 9.17) is 14.7 Å². The van der Waals surface area contributed by atoms with Gasteiger partial charge in [-0.15, -0.1) is 10.2 Å². The molecule has 2 heterocycles. The van der Waals surface area contributed by atoms with Crippen molar-refractivity contribution in [1.29, 1.82) is 5.26 Å². The minimum absolute atomic E-state index is 0.192. The van der Waals surface area contributed by atoms with Gasteiger partial charge in [0.25, 0.3) is 0 Å². The number of rotatable bonds is 7. The maximum Gasteiger partial charge on any atom is 0.191 e. The lowest BCUT2D eigenvalue weighted by molar-refractivity contribution is 0.0953. The molecule has 4 rings (SSSR count). The van der Waals surface area contributed by atoms with E-state index in [-0.39, 0.29) is 6.10 Å². The Morgan fingerprint density at radius 2 is 1.97 bits per heavy atom. The first-order valence-electron chi connectivity index (χ1n) is 9.58. The molecule has 6 nitrogen and oxygen atoms in total. The maximum absolute atomic E-state index is 8.96. The van der Waals surface area contributed by atoms with Crippen molar-refractivity contribution in [3.05, 3.63) is 59.7 Å². The van der Waals surface area contributed by atoms with E-state index in [2.05, 4.69) is 20.8 Å². The minimum atomic E-state index is 0.192. The Balaban J connectivity index is 1.57. The number of ether oxygens (including phenoxy) is 2. The predicted octanol–water partition coefficient (Wildman–Crippen LogP) is 4.30. The summed E-state index contributed by atoms with van der Waals surface area (Å²) in [6, 6.07) is 17.7. The third kappa shape index (κ3) is 4.61. The fourth-order valence-electron chi connectivity index (χ4n) is 3.33. The number of aromatic nitrogens is 3. The van der Waals surface area contributed by atoms with Crippen molar-refractivity contribution < 1.29 is 9.47 Å². The lowest BCUT2D eigenvalue weighted by Crippen LogP contribution is -2.16. The van der Waals surface area contributed by atoms with Gasteiger partial charge in [-0.2, -0.15) is 5.26 Å². The number of hydrogen-bond acceptors (Lipinski definition) is 6. The quantitative estimate of drug-likeness (QED) is 0.545. The molecule has 0 saturated carbocycles. The van der Waals surface area contributed by atoms with Crippen LogP contribution in [0.5, 0.6) is 5.75 Å². The Bertz CT molecular complexity index is 987. The normalized spacial score (nSPS) is 15.9. The molecule has 0 bridgehead atoms. The zero-order valence-electron chi connectivity index (χ0n) is 16.2. The van der Waals surface area contributed by atoms with Crippen LogP contribution >= 0.6 is 11.8 Å². The molecule has 2 aromatic carbocycles. The molecule has 1 saturated heterocycles. The first kappa shape index (κ1) is 19.5. The summed E-state index contributed by atoms with van der Waals surface area (Å²) in [5.74, 6) is 2.41. The van der Waals surface area contributed by atoms with E-state index in [1.54, 1.807) is 18.9 Å². The number of thioether (sulfide) groups is 1. The summed E-state index contributed by atoms with van der Waals surface area (Å²) in [5.41, 5.74) is 2.82. The second kappa shape index (κ2) is 9.12. The molecule has 0 amide bonds. The van der Waals surface area contributed by atoms with E-state index >= 15 is 0 Å². The predicted molar refractivity (Wildman–Crippen MR) is 112 cm³/mol. The van der Waals surface area contributed by atoms with Crippen molar-refractivity contribution in [2.45, 2.75) is 36.4 Å². The molecule has 0 radical (unpaired) electrons. The molecule has 1 unspecified atom stereocenters. The van der Waals surface area contributed by atoms with Gasteiger partial charge in [0.2, 0.25) is 0 Å². The number of methoxy groups -OCH3 is 1. The topological polar surface area (TPSA) is 73.0 Å². The standard InChI is InChI=1S/C22H22N4O2S/c1-27-19-10-8-18(9-11-19)21-24-25-22(26(21)14-20-3-2-12-28-20)29-15-17-6-4-16(13-23)5-7-17/h4-11,20H,2-3,12,14-15H2,1H3. The van der Waals surface area contributed by atoms with E-state index in [1.165, 1.54) is 0 Å². The van der Waals surface area contributed by atoms with Gasteiger partial charge in [0.1, 0.15) is 5.75 Å². The largest absolute Gasteiger partial charge is 0.497 e. The zero-order chi connectivity index (χ0) is 20.1. The van der Waals surface area contributed by atoms with Gasteiger partial charge in [0.05, 0.1) is 31.4 Å². The third-order valence-electron chi connectivity index (χ3n) is 4.93. The fraction of sp³-hybridized carbons (Fsp3) is 0.318. The molecule has 29 heavy (non-hydrogen) atoms. The van der Waals surface area contributed by atoms with Crippen molar-refractivity contribution in [1.82, 2.24) is 14.8 Å². The molecule has 148 valence electrons. The number of benzene rings is 2. The van der Waals surface area contributed by atoms with Crippen LogP contribution in [0.2, 0.25) is 0 Å². The first-order chi connectivity index (χ1) is 14.3. The van der Waals surface area contributed by atoms with Gasteiger partial charge in [-0.3, -0.25) is 4.57 Å². The summed E-state index contributed by atoms with van der Waals surface area (Å²) in [6.07, 6.45) is 2.34. The lowest BCUT2D eigenvalue weighted by Gasteiger charge is -2.15. The van der Waals surface area contributed by atoms with Gasteiger partial charge in [-0.1, -0.05) is 23.9 Å². The number of nitrogens with zero attached hydrogens (tertiary/aromatic N) is 4. The molecule has 1 atom stereocenters. The summed E-state index contributed by atoms with van der Waals surface area (Å²) >= 11 is 1.65. The van der Waals surface area contributed by atoms with Crippen molar-refractivity contribution >= 4 is 11.8 Å². The lowest BCUT2D eigenvalue weighted by atomic mass is 10.2. The third-order valence-corrected chi connectivity index (χ3v) is 5.96. The summed E-state index contributed by atoms with van der Waals surface area (Å²) < 4.78 is 13.3. The molecule has 1 aliphatic rings. The van der Waals surface area contributed by atoms with Crippen LogP contribution in [-0.4, -0.2) is 34.6 Å². The average Bonchev–Trinajstić information content (AvgIpc) is 3.43. The summed E-state index contributed by atoms with van der Waals surface area (Å²) in [6.45, 7) is 1.56. The van der Waals surface area contributed by atoms with E-state index in [9.17, 15) is 0 Å². The molecule has 0 aliphatic carbocycles. The van der Waals surface area contributed by atoms with Crippen molar-refractivity contribution in [2.24, 2.45) is 0 Å². The van der Waals surface area contributed by atoms with Gasteiger partial charge in [-0.05, 0) is 54.8 Å². The zero-order valence-corrected chi connectivity index (χ0v) is 17.1. The number of nitriles is 1. The van der Waals surface area contributed by atoms with Crippen LogP contribution in [0, 0.1) is 11.3 Å². The minimum Gasteiger partial charge on any atom is -0.497 e. The molecular weight excluding hydrogens is 384 g/mol. The Morgan fingerprint density at radius 3 is 2.62 bits per heavy atom. The molecule has 1 fully saturated rings. The van der Waals surface area contributed by atoms with E-state index in [0.29, 0.717) is 5.56 Å². The first-order valence-corrected chi connectivity index (χ1v) is 10.6. The molecule has 3 aromatic rings. The van der Waals surface area contributed by atoms with Gasteiger partial charge in [0, 0.05) is 17.9 Å². The van der Waals surface area contributed by atoms with Crippen molar-refractivity contribution in [3.63, 3.8) is 0 Å². The van der Waals surface area contributed by atoms with Gasteiger partial charge in [0.15, 0.2) is 11.0 Å². The molecule has 1 aromatic heterocycles. The highest BCUT2D eigenvalue weighted by Crippen LogP contribution is 2.29. The molecule has 0 N–H and O–H groups in total. The van der Waals surface area contributed by atoms with Gasteiger partial charge < -0.3 is 9.47 Å². The van der Waals surface area contributed by atoms with Crippen LogP contribution in [-0.2, 0) is 17.0 Å². The molecule has 0 spiro atoms. The SMILES string of the molecule is COc1ccc(-c2nnc(SCc3ccc(C#N)cc3)n2CC2CCCO2)cc1. The van der Waals surface area contributed by atoms with Crippen LogP contribution in [0.25, 0.3) is 11.4 Å². The monoisotopic (exact) mass is 406 g/mol. The second-order valence-corrected chi connectivity index (χ2v) is 7.82.